The molecule has 1 amide bonds. The van der Waals surface area contributed by atoms with Gasteiger partial charge in [-0.2, -0.15) is 9.57 Å². The molecule has 3 rings (SSSR count). The van der Waals surface area contributed by atoms with E-state index in [0.29, 0.717) is 23.5 Å². The molecule has 2 heterocycles. The quantitative estimate of drug-likeness (QED) is 0.893. The third-order valence-corrected chi connectivity index (χ3v) is 6.37. The fraction of sp³-hybridized carbons (Fsp3) is 0.267. The molecule has 0 saturated carbocycles. The first kappa shape index (κ1) is 16.6. The van der Waals surface area contributed by atoms with E-state index in [1.165, 1.54) is 39.9 Å². The molecular formula is C15H14N4O3S2. The lowest BCUT2D eigenvalue weighted by Gasteiger charge is -2.23. The Morgan fingerprint density at radius 2 is 2.12 bits per heavy atom. The van der Waals surface area contributed by atoms with Gasteiger partial charge in [-0.3, -0.25) is 4.79 Å². The van der Waals surface area contributed by atoms with Crippen molar-refractivity contribution in [2.45, 2.75) is 23.8 Å². The van der Waals surface area contributed by atoms with Crippen molar-refractivity contribution < 1.29 is 13.2 Å². The summed E-state index contributed by atoms with van der Waals surface area (Å²) in [5.74, 6) is -0.375. The van der Waals surface area contributed by atoms with Crippen molar-refractivity contribution in [2.24, 2.45) is 0 Å². The molecule has 1 fully saturated rings. The minimum absolute atomic E-state index is 0.0791. The highest BCUT2D eigenvalue weighted by Gasteiger charge is 2.39. The van der Waals surface area contributed by atoms with Crippen molar-refractivity contribution in [1.82, 2.24) is 9.29 Å². The van der Waals surface area contributed by atoms with Crippen molar-refractivity contribution in [3.8, 4) is 6.07 Å². The molecule has 1 saturated heterocycles. The molecule has 24 heavy (non-hydrogen) atoms. The fourth-order valence-corrected chi connectivity index (χ4v) is 4.79. The topological polar surface area (TPSA) is 103 Å². The molecule has 1 aliphatic rings. The van der Waals surface area contributed by atoms with Crippen LogP contribution in [0, 0.1) is 11.3 Å². The Hall–Kier alpha value is -2.28. The minimum atomic E-state index is -3.79. The number of hydrogen-bond acceptors (Lipinski definition) is 6. The van der Waals surface area contributed by atoms with E-state index in [1.807, 2.05) is 6.07 Å². The van der Waals surface area contributed by atoms with Crippen molar-refractivity contribution in [2.75, 3.05) is 11.9 Å². The van der Waals surface area contributed by atoms with Crippen LogP contribution >= 0.6 is 11.3 Å². The van der Waals surface area contributed by atoms with Crippen LogP contribution in [0.25, 0.3) is 0 Å². The summed E-state index contributed by atoms with van der Waals surface area (Å²) in [5.41, 5.74) is 0.383. The first-order valence-corrected chi connectivity index (χ1v) is 9.57. The van der Waals surface area contributed by atoms with Gasteiger partial charge in [0.25, 0.3) is 0 Å². The van der Waals surface area contributed by atoms with Crippen LogP contribution in [-0.4, -0.2) is 36.2 Å². The van der Waals surface area contributed by atoms with E-state index in [-0.39, 0.29) is 17.3 Å². The van der Waals surface area contributed by atoms with Crippen LogP contribution < -0.4 is 5.32 Å². The molecule has 1 atom stereocenters. The highest BCUT2D eigenvalue weighted by molar-refractivity contribution is 7.89. The van der Waals surface area contributed by atoms with Gasteiger partial charge in [0.05, 0.1) is 16.5 Å². The zero-order valence-electron chi connectivity index (χ0n) is 12.5. The largest absolute Gasteiger partial charge is 0.301 e. The molecule has 124 valence electrons. The number of carbonyl (C=O) groups excluding carboxylic acids is 1. The van der Waals surface area contributed by atoms with Gasteiger partial charge in [-0.25, -0.2) is 13.4 Å². The average molecular weight is 362 g/mol. The van der Waals surface area contributed by atoms with Crippen molar-refractivity contribution in [1.29, 1.82) is 5.26 Å². The van der Waals surface area contributed by atoms with Gasteiger partial charge in [-0.15, -0.1) is 11.3 Å². The Bertz CT molecular complexity index is 870. The maximum absolute atomic E-state index is 12.8. The monoisotopic (exact) mass is 362 g/mol. The van der Waals surface area contributed by atoms with Crippen LogP contribution in [0.5, 0.6) is 0 Å². The maximum atomic E-state index is 12.8. The average Bonchev–Trinajstić information content (AvgIpc) is 3.26. The fourth-order valence-electron chi connectivity index (χ4n) is 2.60. The number of aromatic nitrogens is 1. The lowest BCUT2D eigenvalue weighted by Crippen LogP contribution is -2.43. The van der Waals surface area contributed by atoms with Gasteiger partial charge in [0.1, 0.15) is 6.04 Å². The van der Waals surface area contributed by atoms with E-state index in [9.17, 15) is 13.2 Å². The summed E-state index contributed by atoms with van der Waals surface area (Å²) in [4.78, 5) is 16.5. The minimum Gasteiger partial charge on any atom is -0.301 e. The summed E-state index contributed by atoms with van der Waals surface area (Å²) in [6, 6.07) is 6.88. The van der Waals surface area contributed by atoms with Gasteiger partial charge in [0.15, 0.2) is 5.13 Å². The van der Waals surface area contributed by atoms with Gasteiger partial charge in [0, 0.05) is 18.1 Å². The number of rotatable bonds is 4. The maximum Gasteiger partial charge on any atom is 0.244 e. The summed E-state index contributed by atoms with van der Waals surface area (Å²) in [7, 11) is -3.79. The Morgan fingerprint density at radius 1 is 1.38 bits per heavy atom. The Balaban J connectivity index is 1.83. The molecular weight excluding hydrogens is 348 g/mol. The van der Waals surface area contributed by atoms with E-state index in [0.717, 1.165) is 0 Å². The van der Waals surface area contributed by atoms with Gasteiger partial charge < -0.3 is 5.32 Å². The normalized spacial score (nSPS) is 18.2. The molecule has 0 radical (unpaired) electrons. The SMILES string of the molecule is N#Cc1ccc(S(=O)(=O)N2CCCC2C(=O)Nc2nccs2)cc1. The molecule has 1 unspecified atom stereocenters. The standard InChI is InChI=1S/C15H14N4O3S2/c16-10-11-3-5-12(6-4-11)24(21,22)19-8-1-2-13(19)14(20)18-15-17-7-9-23-15/h3-7,9,13H,1-2,8H2,(H,17,18,20). The first-order chi connectivity index (χ1) is 11.5. The predicted octanol–water partition coefficient (Wildman–Crippen LogP) is 1.81. The number of amides is 1. The number of nitrogens with one attached hydrogen (secondary N) is 1. The van der Waals surface area contributed by atoms with Crippen LogP contribution in [0.3, 0.4) is 0 Å². The Morgan fingerprint density at radius 3 is 2.75 bits per heavy atom. The summed E-state index contributed by atoms with van der Waals surface area (Å²) in [6.07, 6.45) is 2.65. The summed E-state index contributed by atoms with van der Waals surface area (Å²) >= 11 is 1.28. The van der Waals surface area contributed by atoms with Gasteiger partial charge in [-0.05, 0) is 37.1 Å². The van der Waals surface area contributed by atoms with Crippen molar-refractivity contribution in [3.05, 3.63) is 41.4 Å². The van der Waals surface area contributed by atoms with Crippen LogP contribution in [0.4, 0.5) is 5.13 Å². The van der Waals surface area contributed by atoms with Crippen molar-refractivity contribution >= 4 is 32.4 Å². The highest BCUT2D eigenvalue weighted by atomic mass is 32.2. The van der Waals surface area contributed by atoms with Gasteiger partial charge in [0.2, 0.25) is 15.9 Å². The number of benzene rings is 1. The second-order valence-electron chi connectivity index (χ2n) is 5.24. The van der Waals surface area contributed by atoms with E-state index in [4.69, 9.17) is 5.26 Å². The zero-order chi connectivity index (χ0) is 17.2. The molecule has 0 spiro atoms. The molecule has 0 bridgehead atoms. The Labute approximate surface area is 143 Å². The second-order valence-corrected chi connectivity index (χ2v) is 8.02. The van der Waals surface area contributed by atoms with Crippen LogP contribution in [0.2, 0.25) is 0 Å². The molecule has 2 aromatic rings. The smallest absolute Gasteiger partial charge is 0.244 e. The zero-order valence-corrected chi connectivity index (χ0v) is 14.2. The molecule has 1 aromatic carbocycles. The third-order valence-electron chi connectivity index (χ3n) is 3.76. The number of carbonyl (C=O) groups is 1. The summed E-state index contributed by atoms with van der Waals surface area (Å²) in [5, 5.41) is 13.6. The molecule has 0 aliphatic carbocycles. The van der Waals surface area contributed by atoms with E-state index in [2.05, 4.69) is 10.3 Å². The number of anilines is 1. The Kier molecular flexibility index (Phi) is 4.62. The molecule has 7 nitrogen and oxygen atoms in total. The van der Waals surface area contributed by atoms with E-state index >= 15 is 0 Å². The number of hydrogen-bond donors (Lipinski definition) is 1. The van der Waals surface area contributed by atoms with E-state index < -0.39 is 16.1 Å². The highest BCUT2D eigenvalue weighted by Crippen LogP contribution is 2.27. The summed E-state index contributed by atoms with van der Waals surface area (Å²) in [6.45, 7) is 0.290. The number of sulfonamides is 1. The number of nitrogens with zero attached hydrogens (tertiary/aromatic N) is 3. The lowest BCUT2D eigenvalue weighted by atomic mass is 10.2. The number of nitriles is 1. The van der Waals surface area contributed by atoms with Crippen molar-refractivity contribution in [3.63, 3.8) is 0 Å². The van der Waals surface area contributed by atoms with Gasteiger partial charge in [-0.1, -0.05) is 0 Å². The van der Waals surface area contributed by atoms with E-state index in [1.54, 1.807) is 11.6 Å². The summed E-state index contributed by atoms with van der Waals surface area (Å²) < 4.78 is 26.8. The second kappa shape index (κ2) is 6.68. The lowest BCUT2D eigenvalue weighted by molar-refractivity contribution is -0.119. The molecule has 1 aliphatic heterocycles. The van der Waals surface area contributed by atoms with Crippen LogP contribution in [0.15, 0.2) is 40.7 Å². The number of thiazole rings is 1. The van der Waals surface area contributed by atoms with Crippen LogP contribution in [0.1, 0.15) is 18.4 Å². The first-order valence-electron chi connectivity index (χ1n) is 7.25. The molecule has 9 heteroatoms. The predicted molar refractivity (Wildman–Crippen MR) is 88.8 cm³/mol. The third kappa shape index (κ3) is 3.17. The molecule has 1 aromatic heterocycles. The van der Waals surface area contributed by atoms with Gasteiger partial charge >= 0.3 is 0 Å². The van der Waals surface area contributed by atoms with Crippen LogP contribution in [-0.2, 0) is 14.8 Å². The molecule has 1 N–H and O–H groups in total.